The van der Waals surface area contributed by atoms with Gasteiger partial charge in [0, 0.05) is 11.6 Å². The van der Waals surface area contributed by atoms with E-state index in [1.807, 2.05) is 23.9 Å². The van der Waals surface area contributed by atoms with Crippen molar-refractivity contribution in [2.24, 2.45) is 5.92 Å². The van der Waals surface area contributed by atoms with Crippen molar-refractivity contribution in [2.75, 3.05) is 24.6 Å². The minimum absolute atomic E-state index is 0.528. The Hall–Kier alpha value is -0.180. The van der Waals surface area contributed by atoms with E-state index in [9.17, 15) is 0 Å². The maximum Gasteiger partial charge on any atom is 0.0441 e. The van der Waals surface area contributed by atoms with E-state index in [2.05, 4.69) is 38.2 Å². The fourth-order valence-electron chi connectivity index (χ4n) is 2.30. The van der Waals surface area contributed by atoms with Gasteiger partial charge >= 0.3 is 0 Å². The zero-order valence-corrected chi connectivity index (χ0v) is 14.6. The lowest BCUT2D eigenvalue weighted by Gasteiger charge is -2.20. The van der Waals surface area contributed by atoms with Crippen molar-refractivity contribution in [3.8, 4) is 0 Å². The summed E-state index contributed by atoms with van der Waals surface area (Å²) in [5.74, 6) is 3.68. The van der Waals surface area contributed by atoms with Crippen LogP contribution < -0.4 is 5.32 Å². The van der Waals surface area contributed by atoms with Gasteiger partial charge in [0.1, 0.15) is 0 Å². The number of hydrogen-bond acceptors (Lipinski definition) is 2. The molecule has 0 bridgehead atoms. The maximum absolute atomic E-state index is 6.37. The van der Waals surface area contributed by atoms with Gasteiger partial charge in [0.2, 0.25) is 0 Å². The molecule has 0 saturated carbocycles. The van der Waals surface area contributed by atoms with Crippen LogP contribution in [0.5, 0.6) is 0 Å². The third-order valence-corrected chi connectivity index (χ3v) is 4.66. The maximum atomic E-state index is 6.37. The smallest absolute Gasteiger partial charge is 0.0441 e. The largest absolute Gasteiger partial charge is 0.316 e. The molecule has 3 heteroatoms. The van der Waals surface area contributed by atoms with Gasteiger partial charge in [-0.2, -0.15) is 11.8 Å². The average Bonchev–Trinajstić information content (AvgIpc) is 2.42. The molecule has 0 aliphatic heterocycles. The van der Waals surface area contributed by atoms with Gasteiger partial charge in [0.25, 0.3) is 0 Å². The van der Waals surface area contributed by atoms with Crippen molar-refractivity contribution < 1.29 is 0 Å². The van der Waals surface area contributed by atoms with Gasteiger partial charge in [-0.05, 0) is 54.4 Å². The van der Waals surface area contributed by atoms with Gasteiger partial charge in [-0.15, -0.1) is 0 Å². The Bertz CT molecular complexity index is 368. The van der Waals surface area contributed by atoms with Crippen molar-refractivity contribution >= 4 is 23.4 Å². The Kier molecular flexibility index (Phi) is 9.41. The Labute approximate surface area is 133 Å². The Morgan fingerprint density at radius 1 is 1.20 bits per heavy atom. The Morgan fingerprint density at radius 2 is 1.95 bits per heavy atom. The first kappa shape index (κ1) is 17.9. The van der Waals surface area contributed by atoms with Crippen LogP contribution in [0.3, 0.4) is 0 Å². The highest BCUT2D eigenvalue weighted by molar-refractivity contribution is 7.99. The minimum Gasteiger partial charge on any atom is -0.316 e. The van der Waals surface area contributed by atoms with Crippen LogP contribution in [0.25, 0.3) is 0 Å². The second-order valence-electron chi connectivity index (χ2n) is 5.61. The SMILES string of the molecule is CCSCCCC(CNCC(C)C)c1ccccc1Cl. The number of rotatable bonds is 10. The van der Waals surface area contributed by atoms with Crippen LogP contribution in [-0.2, 0) is 0 Å². The third-order valence-electron chi connectivity index (χ3n) is 3.33. The standard InChI is InChI=1S/C17H28ClNS/c1-4-20-11-7-8-15(13-19-12-14(2)3)16-9-5-6-10-17(16)18/h5-6,9-10,14-15,19H,4,7-8,11-13H2,1-3H3. The number of thioether (sulfide) groups is 1. The van der Waals surface area contributed by atoms with E-state index in [1.165, 1.54) is 29.9 Å². The highest BCUT2D eigenvalue weighted by atomic mass is 35.5. The second-order valence-corrected chi connectivity index (χ2v) is 7.41. The van der Waals surface area contributed by atoms with Gasteiger partial charge in [-0.1, -0.05) is 50.6 Å². The molecule has 1 aromatic carbocycles. The lowest BCUT2D eigenvalue weighted by atomic mass is 9.94. The van der Waals surface area contributed by atoms with Gasteiger partial charge in [0.15, 0.2) is 0 Å². The topological polar surface area (TPSA) is 12.0 Å². The first-order valence-electron chi connectivity index (χ1n) is 7.68. The summed E-state index contributed by atoms with van der Waals surface area (Å²) in [6, 6.07) is 8.29. The van der Waals surface area contributed by atoms with Crippen molar-refractivity contribution in [3.05, 3.63) is 34.9 Å². The molecule has 1 unspecified atom stereocenters. The van der Waals surface area contributed by atoms with Crippen LogP contribution in [0.15, 0.2) is 24.3 Å². The molecule has 0 aliphatic rings. The summed E-state index contributed by atoms with van der Waals surface area (Å²) in [4.78, 5) is 0. The highest BCUT2D eigenvalue weighted by Crippen LogP contribution is 2.28. The molecule has 1 rings (SSSR count). The lowest BCUT2D eigenvalue weighted by Crippen LogP contribution is -2.25. The average molecular weight is 314 g/mol. The summed E-state index contributed by atoms with van der Waals surface area (Å²) in [5.41, 5.74) is 1.30. The Balaban J connectivity index is 2.56. The molecule has 1 aromatic rings. The summed E-state index contributed by atoms with van der Waals surface area (Å²) < 4.78 is 0. The van der Waals surface area contributed by atoms with Gasteiger partial charge in [-0.3, -0.25) is 0 Å². The van der Waals surface area contributed by atoms with E-state index in [1.54, 1.807) is 0 Å². The molecule has 0 aliphatic carbocycles. The van der Waals surface area contributed by atoms with Crippen molar-refractivity contribution in [1.82, 2.24) is 5.32 Å². The first-order valence-corrected chi connectivity index (χ1v) is 9.21. The summed E-state index contributed by atoms with van der Waals surface area (Å²) in [6.07, 6.45) is 2.47. The first-order chi connectivity index (χ1) is 9.65. The van der Waals surface area contributed by atoms with E-state index in [0.29, 0.717) is 11.8 Å². The zero-order valence-electron chi connectivity index (χ0n) is 13.0. The van der Waals surface area contributed by atoms with Crippen LogP contribution >= 0.6 is 23.4 Å². The monoisotopic (exact) mass is 313 g/mol. The van der Waals surface area contributed by atoms with Crippen molar-refractivity contribution in [1.29, 1.82) is 0 Å². The molecule has 1 N–H and O–H groups in total. The van der Waals surface area contributed by atoms with E-state index in [-0.39, 0.29) is 0 Å². The molecule has 0 aromatic heterocycles. The van der Waals surface area contributed by atoms with Gasteiger partial charge in [0.05, 0.1) is 0 Å². The fourth-order valence-corrected chi connectivity index (χ4v) is 3.25. The molecule has 1 nitrogen and oxygen atoms in total. The normalized spacial score (nSPS) is 12.8. The minimum atomic E-state index is 0.528. The zero-order chi connectivity index (χ0) is 14.8. The number of benzene rings is 1. The second kappa shape index (κ2) is 10.5. The summed E-state index contributed by atoms with van der Waals surface area (Å²) in [6.45, 7) is 8.81. The molecule has 114 valence electrons. The number of nitrogens with one attached hydrogen (secondary N) is 1. The van der Waals surface area contributed by atoms with Gasteiger partial charge < -0.3 is 5.32 Å². The van der Waals surface area contributed by atoms with Gasteiger partial charge in [-0.25, -0.2) is 0 Å². The van der Waals surface area contributed by atoms with E-state index < -0.39 is 0 Å². The van der Waals surface area contributed by atoms with Crippen molar-refractivity contribution in [3.63, 3.8) is 0 Å². The molecule has 0 amide bonds. The molecular weight excluding hydrogens is 286 g/mol. The molecule has 0 spiro atoms. The molecule has 1 atom stereocenters. The van der Waals surface area contributed by atoms with E-state index in [0.717, 1.165) is 18.1 Å². The predicted octanol–water partition coefficient (Wildman–Crippen LogP) is 5.20. The summed E-state index contributed by atoms with van der Waals surface area (Å²) in [5, 5.41) is 4.50. The number of hydrogen-bond donors (Lipinski definition) is 1. The molecule has 0 saturated heterocycles. The fraction of sp³-hybridized carbons (Fsp3) is 0.647. The van der Waals surface area contributed by atoms with Crippen LogP contribution in [0.2, 0.25) is 5.02 Å². The quantitative estimate of drug-likeness (QED) is 0.596. The lowest BCUT2D eigenvalue weighted by molar-refractivity contribution is 0.498. The van der Waals surface area contributed by atoms with Crippen LogP contribution in [0, 0.1) is 5.92 Å². The predicted molar refractivity (Wildman–Crippen MR) is 94.1 cm³/mol. The summed E-state index contributed by atoms with van der Waals surface area (Å²) >= 11 is 8.39. The van der Waals surface area contributed by atoms with E-state index in [4.69, 9.17) is 11.6 Å². The van der Waals surface area contributed by atoms with Crippen LogP contribution in [0.4, 0.5) is 0 Å². The van der Waals surface area contributed by atoms with Crippen LogP contribution in [0.1, 0.15) is 45.1 Å². The highest BCUT2D eigenvalue weighted by Gasteiger charge is 2.14. The number of halogens is 1. The third kappa shape index (κ3) is 7.01. The van der Waals surface area contributed by atoms with Crippen LogP contribution in [-0.4, -0.2) is 24.6 Å². The Morgan fingerprint density at radius 3 is 2.60 bits per heavy atom. The molecular formula is C17H28ClNS. The molecule has 0 radical (unpaired) electrons. The summed E-state index contributed by atoms with van der Waals surface area (Å²) in [7, 11) is 0. The van der Waals surface area contributed by atoms with E-state index >= 15 is 0 Å². The molecule has 0 heterocycles. The molecule has 0 fully saturated rings. The molecule has 20 heavy (non-hydrogen) atoms. The van der Waals surface area contributed by atoms with Crippen molar-refractivity contribution in [2.45, 2.75) is 39.5 Å².